The van der Waals surface area contributed by atoms with Gasteiger partial charge in [-0.25, -0.2) is 4.79 Å². The zero-order chi connectivity index (χ0) is 8.20. The molecule has 0 saturated carbocycles. The topological polar surface area (TPSA) is 64.3 Å². The van der Waals surface area contributed by atoms with Crippen LogP contribution in [-0.4, -0.2) is 18.4 Å². The van der Waals surface area contributed by atoms with E-state index in [1.54, 1.807) is 20.8 Å². The molecule has 0 aliphatic carbocycles. The van der Waals surface area contributed by atoms with Crippen LogP contribution in [-0.2, 0) is 4.74 Å². The highest BCUT2D eigenvalue weighted by molar-refractivity contribution is 5.85. The third-order valence-electron chi connectivity index (χ3n) is 0.645. The van der Waals surface area contributed by atoms with Crippen LogP contribution in [0.2, 0.25) is 0 Å². The van der Waals surface area contributed by atoms with E-state index in [1.165, 1.54) is 0 Å². The van der Waals surface area contributed by atoms with Crippen LogP contribution < -0.4 is 11.1 Å². The Hall–Kier alpha value is -0.480. The molecule has 11 heavy (non-hydrogen) atoms. The predicted octanol–water partition coefficient (Wildman–Crippen LogP) is 0.849. The number of alkyl carbamates (subject to hydrolysis) is 1. The Morgan fingerprint density at radius 3 is 2.27 bits per heavy atom. The van der Waals surface area contributed by atoms with Crippen molar-refractivity contribution in [3.63, 3.8) is 0 Å². The molecule has 0 atom stereocenters. The lowest BCUT2D eigenvalue weighted by Gasteiger charge is -2.19. The van der Waals surface area contributed by atoms with Crippen LogP contribution >= 0.6 is 12.4 Å². The minimum absolute atomic E-state index is 0. The number of amides is 1. The lowest BCUT2D eigenvalue weighted by atomic mass is 10.2. The first-order valence-corrected chi connectivity index (χ1v) is 3.12. The molecule has 4 nitrogen and oxygen atoms in total. The summed E-state index contributed by atoms with van der Waals surface area (Å²) in [6.07, 6.45) is -0.477. The van der Waals surface area contributed by atoms with Crippen LogP contribution in [0.3, 0.4) is 0 Å². The Kier molecular flexibility index (Phi) is 6.22. The van der Waals surface area contributed by atoms with E-state index in [4.69, 9.17) is 10.5 Å². The van der Waals surface area contributed by atoms with E-state index in [9.17, 15) is 4.79 Å². The average molecular weight is 183 g/mol. The first-order chi connectivity index (χ1) is 4.45. The number of hydrogen-bond donors (Lipinski definition) is 2. The van der Waals surface area contributed by atoms with Gasteiger partial charge in [-0.15, -0.1) is 12.4 Å². The van der Waals surface area contributed by atoms with Gasteiger partial charge in [0.1, 0.15) is 5.60 Å². The van der Waals surface area contributed by atoms with Crippen molar-refractivity contribution in [3.8, 4) is 0 Å². The molecular weight excluding hydrogens is 168 g/mol. The third kappa shape index (κ3) is 9.52. The molecule has 5 heteroatoms. The van der Waals surface area contributed by atoms with Gasteiger partial charge in [0.05, 0.1) is 6.67 Å². The van der Waals surface area contributed by atoms with Crippen LogP contribution in [0.25, 0.3) is 0 Å². The molecule has 0 aromatic heterocycles. The van der Waals surface area contributed by atoms with Crippen molar-refractivity contribution in [1.82, 2.24) is 5.32 Å². The second kappa shape index (κ2) is 5.21. The minimum Gasteiger partial charge on any atom is -0.444 e. The summed E-state index contributed by atoms with van der Waals surface area (Å²) >= 11 is 0. The quantitative estimate of drug-likeness (QED) is 0.591. The van der Waals surface area contributed by atoms with Crippen LogP contribution in [0.5, 0.6) is 0 Å². The third-order valence-corrected chi connectivity index (χ3v) is 0.645. The Balaban J connectivity index is 0. The zero-order valence-electron chi connectivity index (χ0n) is 7.01. The van der Waals surface area contributed by atoms with E-state index in [0.717, 1.165) is 0 Å². The SMILES string of the molecule is CC(C)(C)OC(=O)NCN.Cl. The Morgan fingerprint density at radius 1 is 1.55 bits per heavy atom. The zero-order valence-corrected chi connectivity index (χ0v) is 7.83. The first-order valence-electron chi connectivity index (χ1n) is 3.12. The molecule has 0 spiro atoms. The number of ether oxygens (including phenoxy) is 1. The summed E-state index contributed by atoms with van der Waals surface area (Å²) < 4.78 is 4.85. The fourth-order valence-electron chi connectivity index (χ4n) is 0.398. The molecule has 3 N–H and O–H groups in total. The second-order valence-corrected chi connectivity index (χ2v) is 2.88. The molecule has 0 unspecified atom stereocenters. The summed E-state index contributed by atoms with van der Waals surface area (Å²) in [5, 5.41) is 2.32. The summed E-state index contributed by atoms with van der Waals surface area (Å²) in [5.74, 6) is 0. The van der Waals surface area contributed by atoms with Gasteiger partial charge in [0.2, 0.25) is 0 Å². The maximum Gasteiger partial charge on any atom is 0.408 e. The van der Waals surface area contributed by atoms with Crippen LogP contribution in [0.4, 0.5) is 4.79 Å². The molecule has 0 heterocycles. The van der Waals surface area contributed by atoms with E-state index in [2.05, 4.69) is 5.32 Å². The van der Waals surface area contributed by atoms with Gasteiger partial charge >= 0.3 is 6.09 Å². The van der Waals surface area contributed by atoms with Gasteiger partial charge in [-0.1, -0.05) is 0 Å². The summed E-state index contributed by atoms with van der Waals surface area (Å²) in [7, 11) is 0. The number of nitrogens with two attached hydrogens (primary N) is 1. The summed E-state index contributed by atoms with van der Waals surface area (Å²) in [4.78, 5) is 10.6. The van der Waals surface area contributed by atoms with E-state index in [0.29, 0.717) is 0 Å². The van der Waals surface area contributed by atoms with Crippen LogP contribution in [0.15, 0.2) is 0 Å². The highest BCUT2D eigenvalue weighted by Gasteiger charge is 2.14. The van der Waals surface area contributed by atoms with Gasteiger partial charge in [0, 0.05) is 0 Å². The van der Waals surface area contributed by atoms with Crippen molar-refractivity contribution in [2.24, 2.45) is 5.73 Å². The van der Waals surface area contributed by atoms with Gasteiger partial charge in [-0.2, -0.15) is 0 Å². The largest absolute Gasteiger partial charge is 0.444 e. The number of nitrogens with one attached hydrogen (secondary N) is 1. The maximum absolute atomic E-state index is 10.6. The number of rotatable bonds is 1. The van der Waals surface area contributed by atoms with Crippen LogP contribution in [0.1, 0.15) is 20.8 Å². The highest BCUT2D eigenvalue weighted by atomic mass is 35.5. The molecule has 68 valence electrons. The fraction of sp³-hybridized carbons (Fsp3) is 0.833. The van der Waals surface area contributed by atoms with E-state index >= 15 is 0 Å². The molecule has 0 radical (unpaired) electrons. The monoisotopic (exact) mass is 182 g/mol. The van der Waals surface area contributed by atoms with Crippen molar-refractivity contribution < 1.29 is 9.53 Å². The van der Waals surface area contributed by atoms with Crippen molar-refractivity contribution in [2.75, 3.05) is 6.67 Å². The Bertz CT molecular complexity index is 122. The molecule has 0 saturated heterocycles. The average Bonchev–Trinajstić information content (AvgIpc) is 1.59. The molecule has 1 amide bonds. The molecule has 0 aliphatic rings. The molecule has 0 aliphatic heterocycles. The van der Waals surface area contributed by atoms with Gasteiger partial charge < -0.3 is 15.8 Å². The van der Waals surface area contributed by atoms with Crippen molar-refractivity contribution in [3.05, 3.63) is 0 Å². The second-order valence-electron chi connectivity index (χ2n) is 2.88. The number of hydrogen-bond acceptors (Lipinski definition) is 3. The van der Waals surface area contributed by atoms with Crippen LogP contribution in [0, 0.1) is 0 Å². The van der Waals surface area contributed by atoms with E-state index in [1.807, 2.05) is 0 Å². The van der Waals surface area contributed by atoms with E-state index in [-0.39, 0.29) is 19.1 Å². The minimum atomic E-state index is -0.477. The summed E-state index contributed by atoms with van der Waals surface area (Å²) in [6, 6.07) is 0. The van der Waals surface area contributed by atoms with Crippen molar-refractivity contribution in [2.45, 2.75) is 26.4 Å². The fourth-order valence-corrected chi connectivity index (χ4v) is 0.398. The normalized spacial score (nSPS) is 9.82. The van der Waals surface area contributed by atoms with Gasteiger partial charge in [0.25, 0.3) is 0 Å². The highest BCUT2D eigenvalue weighted by Crippen LogP contribution is 2.05. The summed E-state index contributed by atoms with van der Waals surface area (Å²) in [5.41, 5.74) is 4.59. The lowest BCUT2D eigenvalue weighted by Crippen LogP contribution is -2.35. The first kappa shape index (κ1) is 13.1. The van der Waals surface area contributed by atoms with Crippen molar-refractivity contribution >= 4 is 18.5 Å². The standard InChI is InChI=1S/C6H14N2O2.ClH/c1-6(2,3)10-5(9)8-4-7;/h4,7H2,1-3H3,(H,8,9);1H. The molecule has 0 fully saturated rings. The predicted molar refractivity (Wildman–Crippen MR) is 45.7 cm³/mol. The molecule has 0 aromatic rings. The number of carbonyl (C=O) groups is 1. The molecule has 0 bridgehead atoms. The number of carbonyl (C=O) groups excluding carboxylic acids is 1. The smallest absolute Gasteiger partial charge is 0.408 e. The summed E-state index contributed by atoms with van der Waals surface area (Å²) in [6.45, 7) is 5.49. The van der Waals surface area contributed by atoms with Gasteiger partial charge in [-0.3, -0.25) is 0 Å². The molecule has 0 rings (SSSR count). The lowest BCUT2D eigenvalue weighted by molar-refractivity contribution is 0.0529. The maximum atomic E-state index is 10.6. The molecule has 0 aromatic carbocycles. The van der Waals surface area contributed by atoms with E-state index < -0.39 is 11.7 Å². The molecular formula is C6H15ClN2O2. The Labute approximate surface area is 72.9 Å². The van der Waals surface area contributed by atoms with Gasteiger partial charge in [0.15, 0.2) is 0 Å². The Morgan fingerprint density at radius 2 is 2.00 bits per heavy atom. The van der Waals surface area contributed by atoms with Crippen molar-refractivity contribution in [1.29, 1.82) is 0 Å². The number of halogens is 1. The van der Waals surface area contributed by atoms with Gasteiger partial charge in [-0.05, 0) is 20.8 Å².